The Kier molecular flexibility index (Phi) is 4.81. The second kappa shape index (κ2) is 7.01. The highest BCUT2D eigenvalue weighted by Crippen LogP contribution is 2.28. The van der Waals surface area contributed by atoms with Crippen molar-refractivity contribution in [2.24, 2.45) is 0 Å². The zero-order valence-corrected chi connectivity index (χ0v) is 14.6. The summed E-state index contributed by atoms with van der Waals surface area (Å²) in [6.45, 7) is 5.95. The number of aromatic nitrogens is 2. The number of ketones is 1. The first-order chi connectivity index (χ1) is 11.5. The molecule has 0 fully saturated rings. The van der Waals surface area contributed by atoms with E-state index in [1.165, 1.54) is 22.9 Å². The predicted octanol–water partition coefficient (Wildman–Crippen LogP) is 4.72. The minimum atomic E-state index is -0.291. The molecule has 4 nitrogen and oxygen atoms in total. The molecule has 1 heterocycles. The lowest BCUT2D eigenvalue weighted by molar-refractivity contribution is 0.0993. The topological polar surface area (TPSA) is 56.0 Å². The molecule has 0 aliphatic carbocycles. The van der Waals surface area contributed by atoms with Crippen molar-refractivity contribution in [3.63, 3.8) is 0 Å². The van der Waals surface area contributed by atoms with Gasteiger partial charge < -0.3 is 4.42 Å². The van der Waals surface area contributed by atoms with Gasteiger partial charge in [0.1, 0.15) is 0 Å². The number of aryl methyl sites for hydroxylation is 2. The Morgan fingerprint density at radius 1 is 1.04 bits per heavy atom. The van der Waals surface area contributed by atoms with Crippen molar-refractivity contribution in [2.75, 3.05) is 0 Å². The SMILES string of the molecule is Cc1ccc(-c2nnc(S[C@@H](C)C(=O)c3ccccc3)o2)cc1C. The first-order valence-corrected chi connectivity index (χ1v) is 8.59. The van der Waals surface area contributed by atoms with Gasteiger partial charge in [0.25, 0.3) is 5.22 Å². The second-order valence-electron chi connectivity index (χ2n) is 5.66. The van der Waals surface area contributed by atoms with E-state index in [2.05, 4.69) is 17.1 Å². The summed E-state index contributed by atoms with van der Waals surface area (Å²) in [6.07, 6.45) is 0. The summed E-state index contributed by atoms with van der Waals surface area (Å²) < 4.78 is 5.71. The number of carbonyl (C=O) groups excluding carboxylic acids is 1. The van der Waals surface area contributed by atoms with Crippen LogP contribution in [-0.2, 0) is 0 Å². The van der Waals surface area contributed by atoms with Crippen molar-refractivity contribution >= 4 is 17.5 Å². The summed E-state index contributed by atoms with van der Waals surface area (Å²) in [5.74, 6) is 0.520. The average Bonchev–Trinajstić information content (AvgIpc) is 3.06. The Bertz CT molecular complexity index is 859. The van der Waals surface area contributed by atoms with E-state index >= 15 is 0 Å². The third-order valence-electron chi connectivity index (χ3n) is 3.87. The lowest BCUT2D eigenvalue weighted by atomic mass is 10.1. The average molecular weight is 338 g/mol. The first-order valence-electron chi connectivity index (χ1n) is 7.71. The molecule has 0 radical (unpaired) electrons. The van der Waals surface area contributed by atoms with Gasteiger partial charge in [-0.15, -0.1) is 10.2 Å². The standard InChI is InChI=1S/C19H18N2O2S/c1-12-9-10-16(11-13(12)2)18-20-21-19(23-18)24-14(3)17(22)15-7-5-4-6-8-15/h4-11,14H,1-3H3/t14-/m0/s1. The number of carbonyl (C=O) groups is 1. The van der Waals surface area contributed by atoms with E-state index in [-0.39, 0.29) is 11.0 Å². The van der Waals surface area contributed by atoms with Crippen LogP contribution in [0.25, 0.3) is 11.5 Å². The van der Waals surface area contributed by atoms with Gasteiger partial charge in [0, 0.05) is 11.1 Å². The van der Waals surface area contributed by atoms with Crippen LogP contribution in [0, 0.1) is 13.8 Å². The molecule has 3 rings (SSSR count). The summed E-state index contributed by atoms with van der Waals surface area (Å²) in [4.78, 5) is 12.4. The highest BCUT2D eigenvalue weighted by molar-refractivity contribution is 8.00. The summed E-state index contributed by atoms with van der Waals surface area (Å²) in [5.41, 5.74) is 3.97. The summed E-state index contributed by atoms with van der Waals surface area (Å²) in [6, 6.07) is 15.2. The monoisotopic (exact) mass is 338 g/mol. The van der Waals surface area contributed by atoms with Crippen LogP contribution in [0.4, 0.5) is 0 Å². The molecule has 0 N–H and O–H groups in total. The summed E-state index contributed by atoms with van der Waals surface area (Å²) >= 11 is 1.28. The quantitative estimate of drug-likeness (QED) is 0.498. The van der Waals surface area contributed by atoms with Crippen LogP contribution in [0.3, 0.4) is 0 Å². The van der Waals surface area contributed by atoms with Crippen molar-refractivity contribution in [2.45, 2.75) is 31.2 Å². The summed E-state index contributed by atoms with van der Waals surface area (Å²) in [7, 11) is 0. The molecule has 0 spiro atoms. The molecule has 0 aliphatic rings. The molecule has 0 amide bonds. The van der Waals surface area contributed by atoms with Crippen molar-refractivity contribution < 1.29 is 9.21 Å². The maximum absolute atomic E-state index is 12.4. The second-order valence-corrected chi connectivity index (χ2v) is 6.95. The molecule has 0 unspecified atom stereocenters. The third-order valence-corrected chi connectivity index (χ3v) is 4.80. The number of Topliss-reactive ketones (excluding diaryl/α,β-unsaturated/α-hetero) is 1. The molecule has 1 atom stereocenters. The molecule has 3 aromatic rings. The van der Waals surface area contributed by atoms with Gasteiger partial charge >= 0.3 is 0 Å². The molecule has 1 aromatic heterocycles. The Labute approximate surface area is 145 Å². The molecule has 5 heteroatoms. The molecule has 0 bridgehead atoms. The van der Waals surface area contributed by atoms with Crippen LogP contribution in [0.2, 0.25) is 0 Å². The number of hydrogen-bond donors (Lipinski definition) is 0. The van der Waals surface area contributed by atoms with Crippen molar-refractivity contribution in [1.82, 2.24) is 10.2 Å². The number of rotatable bonds is 5. The van der Waals surface area contributed by atoms with Crippen LogP contribution in [-0.4, -0.2) is 21.2 Å². The Morgan fingerprint density at radius 2 is 1.79 bits per heavy atom. The minimum absolute atomic E-state index is 0.0477. The maximum Gasteiger partial charge on any atom is 0.277 e. The molecular weight excluding hydrogens is 320 g/mol. The van der Waals surface area contributed by atoms with Gasteiger partial charge in [-0.05, 0) is 44.0 Å². The molecule has 2 aromatic carbocycles. The van der Waals surface area contributed by atoms with E-state index in [1.54, 1.807) is 0 Å². The Hall–Kier alpha value is -2.40. The van der Waals surface area contributed by atoms with Gasteiger partial charge in [-0.1, -0.05) is 48.2 Å². The lowest BCUT2D eigenvalue weighted by Crippen LogP contribution is -2.13. The van der Waals surface area contributed by atoms with E-state index in [9.17, 15) is 4.79 Å². The number of benzene rings is 2. The number of nitrogens with zero attached hydrogens (tertiary/aromatic N) is 2. The highest BCUT2D eigenvalue weighted by atomic mass is 32.2. The van der Waals surface area contributed by atoms with Gasteiger partial charge in [-0.25, -0.2) is 0 Å². The first kappa shape index (κ1) is 16.5. The van der Waals surface area contributed by atoms with Crippen LogP contribution < -0.4 is 0 Å². The Morgan fingerprint density at radius 3 is 2.50 bits per heavy atom. The largest absolute Gasteiger partial charge is 0.411 e. The van der Waals surface area contributed by atoms with E-state index in [0.717, 1.165) is 5.56 Å². The zero-order chi connectivity index (χ0) is 17.1. The van der Waals surface area contributed by atoms with Gasteiger partial charge in [-0.3, -0.25) is 4.79 Å². The van der Waals surface area contributed by atoms with Crippen molar-refractivity contribution in [1.29, 1.82) is 0 Å². The van der Waals surface area contributed by atoms with Gasteiger partial charge in [-0.2, -0.15) is 0 Å². The maximum atomic E-state index is 12.4. The fraction of sp³-hybridized carbons (Fsp3) is 0.211. The fourth-order valence-electron chi connectivity index (χ4n) is 2.29. The molecule has 122 valence electrons. The third kappa shape index (κ3) is 3.57. The smallest absolute Gasteiger partial charge is 0.277 e. The fourth-order valence-corrected chi connectivity index (χ4v) is 3.05. The Balaban J connectivity index is 1.74. The molecule has 0 aliphatic heterocycles. The van der Waals surface area contributed by atoms with Gasteiger partial charge in [0.2, 0.25) is 5.89 Å². The lowest BCUT2D eigenvalue weighted by Gasteiger charge is -2.07. The van der Waals surface area contributed by atoms with Gasteiger partial charge in [0.05, 0.1) is 5.25 Å². The minimum Gasteiger partial charge on any atom is -0.411 e. The van der Waals surface area contributed by atoms with Crippen molar-refractivity contribution in [3.05, 3.63) is 65.2 Å². The molecule has 0 saturated carbocycles. The van der Waals surface area contributed by atoms with E-state index in [4.69, 9.17) is 4.42 Å². The highest BCUT2D eigenvalue weighted by Gasteiger charge is 2.20. The molecule has 24 heavy (non-hydrogen) atoms. The van der Waals surface area contributed by atoms with Gasteiger partial charge in [0.15, 0.2) is 5.78 Å². The van der Waals surface area contributed by atoms with Crippen LogP contribution in [0.15, 0.2) is 58.2 Å². The van der Waals surface area contributed by atoms with E-state index in [1.807, 2.05) is 62.4 Å². The molecule has 0 saturated heterocycles. The van der Waals surface area contributed by atoms with Crippen molar-refractivity contribution in [3.8, 4) is 11.5 Å². The normalized spacial score (nSPS) is 12.1. The van der Waals surface area contributed by atoms with E-state index in [0.29, 0.717) is 16.7 Å². The predicted molar refractivity (Wildman–Crippen MR) is 95.3 cm³/mol. The number of hydrogen-bond acceptors (Lipinski definition) is 5. The molecular formula is C19H18N2O2S. The summed E-state index contributed by atoms with van der Waals surface area (Å²) in [5, 5.41) is 8.26. The van der Waals surface area contributed by atoms with Crippen LogP contribution in [0.1, 0.15) is 28.4 Å². The van der Waals surface area contributed by atoms with Crippen LogP contribution >= 0.6 is 11.8 Å². The van der Waals surface area contributed by atoms with Crippen LogP contribution in [0.5, 0.6) is 0 Å². The number of thioether (sulfide) groups is 1. The van der Waals surface area contributed by atoms with E-state index < -0.39 is 0 Å². The zero-order valence-electron chi connectivity index (χ0n) is 13.8.